The molecule has 3 aromatic rings. The minimum Gasteiger partial charge on any atom is -0.321 e. The van der Waals surface area contributed by atoms with Crippen LogP contribution < -0.4 is 16.6 Å². The number of halogens is 1. The smallest absolute Gasteiger partial charge is 0.321 e. The van der Waals surface area contributed by atoms with E-state index in [1.807, 2.05) is 13.0 Å². The number of hydrogen-bond donors (Lipinski definition) is 1. The van der Waals surface area contributed by atoms with Crippen LogP contribution >= 0.6 is 15.9 Å². The lowest BCUT2D eigenvalue weighted by Crippen LogP contribution is -2.38. The molecule has 0 saturated heterocycles. The summed E-state index contributed by atoms with van der Waals surface area (Å²) in [6.45, 7) is 1.91. The van der Waals surface area contributed by atoms with E-state index in [1.165, 1.54) is 11.6 Å². The van der Waals surface area contributed by atoms with E-state index < -0.39 is 11.2 Å². The molecule has 0 aliphatic rings. The van der Waals surface area contributed by atoms with Crippen LogP contribution in [0.5, 0.6) is 0 Å². The summed E-state index contributed by atoms with van der Waals surface area (Å²) in [4.78, 5) is 41.8. The van der Waals surface area contributed by atoms with Crippen LogP contribution in [0.2, 0.25) is 0 Å². The first-order chi connectivity index (χ1) is 12.3. The summed E-state index contributed by atoms with van der Waals surface area (Å²) in [6, 6.07) is 6.95. The Morgan fingerprint density at radius 3 is 2.62 bits per heavy atom. The van der Waals surface area contributed by atoms with Gasteiger partial charge in [-0.25, -0.2) is 9.78 Å². The maximum absolute atomic E-state index is 12.7. The molecule has 0 atom stereocenters. The number of amides is 1. The molecular weight excluding hydrogens is 400 g/mol. The van der Waals surface area contributed by atoms with Crippen molar-refractivity contribution in [3.63, 3.8) is 0 Å². The van der Waals surface area contributed by atoms with E-state index in [2.05, 4.69) is 26.2 Å². The molecule has 1 aromatic carbocycles. The van der Waals surface area contributed by atoms with E-state index >= 15 is 0 Å². The summed E-state index contributed by atoms with van der Waals surface area (Å²) >= 11 is 3.34. The average Bonchev–Trinajstić information content (AvgIpc) is 2.64. The Kier molecular flexibility index (Phi) is 4.78. The molecule has 8 heteroatoms. The summed E-state index contributed by atoms with van der Waals surface area (Å²) in [7, 11) is 2.95. The summed E-state index contributed by atoms with van der Waals surface area (Å²) in [6.07, 6.45) is 2.15. The fourth-order valence-electron chi connectivity index (χ4n) is 2.79. The molecule has 0 unspecified atom stereocenters. The van der Waals surface area contributed by atoms with Crippen molar-refractivity contribution in [2.45, 2.75) is 13.3 Å². The van der Waals surface area contributed by atoms with Gasteiger partial charge in [0.25, 0.3) is 11.5 Å². The second-order valence-electron chi connectivity index (χ2n) is 5.88. The normalized spacial score (nSPS) is 10.9. The van der Waals surface area contributed by atoms with E-state index in [1.54, 1.807) is 31.4 Å². The third-order valence-corrected chi connectivity index (χ3v) is 4.75. The summed E-state index contributed by atoms with van der Waals surface area (Å²) in [5, 5.41) is 3.05. The first kappa shape index (κ1) is 18.1. The molecule has 0 aliphatic heterocycles. The summed E-state index contributed by atoms with van der Waals surface area (Å²) in [5.41, 5.74) is 0.835. The van der Waals surface area contributed by atoms with Crippen molar-refractivity contribution < 1.29 is 4.79 Å². The molecule has 7 nitrogen and oxygen atoms in total. The Hall–Kier alpha value is -2.74. The number of aromatic nitrogens is 3. The van der Waals surface area contributed by atoms with Crippen molar-refractivity contribution in [3.05, 3.63) is 66.9 Å². The third-order valence-electron chi connectivity index (χ3n) is 4.25. The van der Waals surface area contributed by atoms with Gasteiger partial charge < -0.3 is 5.32 Å². The zero-order valence-corrected chi connectivity index (χ0v) is 16.1. The fraction of sp³-hybridized carbons (Fsp3) is 0.222. The summed E-state index contributed by atoms with van der Waals surface area (Å²) in [5.74, 6) is -0.343. The zero-order valence-electron chi connectivity index (χ0n) is 14.5. The number of carbonyl (C=O) groups is 1. The number of rotatable bonds is 3. The van der Waals surface area contributed by atoms with Crippen molar-refractivity contribution in [3.8, 4) is 0 Å². The Morgan fingerprint density at radius 1 is 1.23 bits per heavy atom. The van der Waals surface area contributed by atoms with Crippen LogP contribution in [0.25, 0.3) is 11.0 Å². The third kappa shape index (κ3) is 2.96. The van der Waals surface area contributed by atoms with Gasteiger partial charge in [0.05, 0.1) is 5.69 Å². The first-order valence-electron chi connectivity index (χ1n) is 7.99. The number of pyridine rings is 1. The molecule has 2 aromatic heterocycles. The minimum atomic E-state index is -0.490. The maximum atomic E-state index is 12.7. The predicted molar refractivity (Wildman–Crippen MR) is 104 cm³/mol. The molecule has 2 heterocycles. The molecular formula is C18H17BrN4O3. The highest BCUT2D eigenvalue weighted by Crippen LogP contribution is 2.24. The number of hydrogen-bond acceptors (Lipinski definition) is 4. The highest BCUT2D eigenvalue weighted by molar-refractivity contribution is 9.10. The highest BCUT2D eigenvalue weighted by Gasteiger charge is 2.19. The molecule has 3 rings (SSSR count). The largest absolute Gasteiger partial charge is 0.332 e. The molecule has 0 spiro atoms. The Bertz CT molecular complexity index is 1150. The van der Waals surface area contributed by atoms with Gasteiger partial charge in [-0.1, -0.05) is 28.9 Å². The average molecular weight is 417 g/mol. The molecule has 26 heavy (non-hydrogen) atoms. The quantitative estimate of drug-likeness (QED) is 0.708. The van der Waals surface area contributed by atoms with E-state index in [9.17, 15) is 14.4 Å². The number of nitrogens with zero attached hydrogens (tertiary/aromatic N) is 3. The lowest BCUT2D eigenvalue weighted by Gasteiger charge is -2.15. The lowest BCUT2D eigenvalue weighted by atomic mass is 10.1. The number of aryl methyl sites for hydroxylation is 2. The van der Waals surface area contributed by atoms with Gasteiger partial charge in [0.2, 0.25) is 0 Å². The van der Waals surface area contributed by atoms with Gasteiger partial charge in [-0.15, -0.1) is 0 Å². The standard InChI is InChI=1S/C18H17BrN4O3/c1-4-10-9-20-15-13(17(25)23(3)18(26)22(15)2)14(10)21-16(24)11-6-5-7-12(19)8-11/h5-9H,4H2,1-3H3,(H,20,21,24). The summed E-state index contributed by atoms with van der Waals surface area (Å²) < 4.78 is 3.09. The molecule has 1 amide bonds. The second kappa shape index (κ2) is 6.87. The Morgan fingerprint density at radius 2 is 1.96 bits per heavy atom. The molecule has 0 radical (unpaired) electrons. The van der Waals surface area contributed by atoms with Crippen molar-refractivity contribution in [1.82, 2.24) is 14.1 Å². The minimum absolute atomic E-state index is 0.220. The van der Waals surface area contributed by atoms with Gasteiger partial charge in [0.15, 0.2) is 5.65 Å². The van der Waals surface area contributed by atoms with Gasteiger partial charge in [-0.2, -0.15) is 0 Å². The van der Waals surface area contributed by atoms with Crippen molar-refractivity contribution >= 4 is 38.6 Å². The van der Waals surface area contributed by atoms with E-state index in [0.717, 1.165) is 14.6 Å². The number of nitrogens with one attached hydrogen (secondary N) is 1. The highest BCUT2D eigenvalue weighted by atomic mass is 79.9. The van der Waals surface area contributed by atoms with Crippen LogP contribution in [-0.4, -0.2) is 20.0 Å². The van der Waals surface area contributed by atoms with Gasteiger partial charge in [-0.3, -0.25) is 18.7 Å². The number of anilines is 1. The molecule has 0 bridgehead atoms. The Labute approximate surface area is 157 Å². The lowest BCUT2D eigenvalue weighted by molar-refractivity contribution is 0.102. The topological polar surface area (TPSA) is 86.0 Å². The van der Waals surface area contributed by atoms with Crippen LogP contribution in [0.4, 0.5) is 5.69 Å². The van der Waals surface area contributed by atoms with Gasteiger partial charge >= 0.3 is 5.69 Å². The number of carbonyl (C=O) groups excluding carboxylic acids is 1. The monoisotopic (exact) mass is 416 g/mol. The zero-order chi connectivity index (χ0) is 19.0. The number of fused-ring (bicyclic) bond motifs is 1. The van der Waals surface area contributed by atoms with Crippen molar-refractivity contribution in [2.24, 2.45) is 14.1 Å². The van der Waals surface area contributed by atoms with E-state index in [4.69, 9.17) is 0 Å². The van der Waals surface area contributed by atoms with E-state index in [0.29, 0.717) is 17.7 Å². The van der Waals surface area contributed by atoms with Crippen molar-refractivity contribution in [1.29, 1.82) is 0 Å². The molecule has 134 valence electrons. The van der Waals surface area contributed by atoms with Crippen LogP contribution in [0.15, 0.2) is 44.5 Å². The van der Waals surface area contributed by atoms with Gasteiger partial charge in [-0.05, 0) is 30.2 Å². The molecule has 0 aliphatic carbocycles. The molecule has 1 N–H and O–H groups in total. The van der Waals surface area contributed by atoms with Crippen molar-refractivity contribution in [2.75, 3.05) is 5.32 Å². The first-order valence-corrected chi connectivity index (χ1v) is 8.79. The fourth-order valence-corrected chi connectivity index (χ4v) is 3.19. The molecule has 0 fully saturated rings. The second-order valence-corrected chi connectivity index (χ2v) is 6.80. The van der Waals surface area contributed by atoms with Crippen LogP contribution in [-0.2, 0) is 20.5 Å². The van der Waals surface area contributed by atoms with E-state index in [-0.39, 0.29) is 16.9 Å². The number of benzene rings is 1. The van der Waals surface area contributed by atoms with Crippen LogP contribution in [0, 0.1) is 0 Å². The Balaban J connectivity index is 2.26. The van der Waals surface area contributed by atoms with Crippen LogP contribution in [0.3, 0.4) is 0 Å². The predicted octanol–water partition coefficient (Wildman–Crippen LogP) is 2.21. The molecule has 0 saturated carbocycles. The van der Waals surface area contributed by atoms with Gasteiger partial charge in [0, 0.05) is 30.3 Å². The SMILES string of the molecule is CCc1cnc2c(c1NC(=O)c1cccc(Br)c1)c(=O)n(C)c(=O)n2C. The maximum Gasteiger partial charge on any atom is 0.332 e. The van der Waals surface area contributed by atoms with Crippen LogP contribution in [0.1, 0.15) is 22.8 Å². The van der Waals surface area contributed by atoms with Gasteiger partial charge in [0.1, 0.15) is 5.39 Å².